The quantitative estimate of drug-likeness (QED) is 0.768. The van der Waals surface area contributed by atoms with E-state index in [1.54, 1.807) is 6.20 Å². The van der Waals surface area contributed by atoms with Gasteiger partial charge in [-0.15, -0.1) is 0 Å². The molecule has 0 aromatic carbocycles. The number of aryl methyl sites for hydroxylation is 1. The lowest BCUT2D eigenvalue weighted by atomic mass is 10.1. The zero-order valence-electron chi connectivity index (χ0n) is 7.90. The predicted molar refractivity (Wildman–Crippen MR) is 51.3 cm³/mol. The van der Waals surface area contributed by atoms with Crippen molar-refractivity contribution in [2.75, 3.05) is 0 Å². The summed E-state index contributed by atoms with van der Waals surface area (Å²) in [5.74, 6) is 0.760. The number of aromatic nitrogens is 1. The number of pyridine rings is 1. The van der Waals surface area contributed by atoms with Crippen LogP contribution in [-0.2, 0) is 0 Å². The zero-order valence-corrected chi connectivity index (χ0v) is 7.90. The van der Waals surface area contributed by atoms with Crippen LogP contribution in [0.2, 0.25) is 0 Å². The fraction of sp³-hybridized carbons (Fsp3) is 0.545. The van der Waals surface area contributed by atoms with Crippen LogP contribution in [0.3, 0.4) is 0 Å². The molecule has 1 aromatic heterocycles. The van der Waals surface area contributed by atoms with E-state index in [0.29, 0.717) is 0 Å². The molecule has 0 aliphatic heterocycles. The molecule has 1 aliphatic carbocycles. The van der Waals surface area contributed by atoms with Crippen molar-refractivity contribution in [1.82, 2.24) is 4.98 Å². The van der Waals surface area contributed by atoms with Crippen molar-refractivity contribution in [3.8, 4) is 0 Å². The molecule has 0 amide bonds. The highest BCUT2D eigenvalue weighted by molar-refractivity contribution is 5.18. The van der Waals surface area contributed by atoms with E-state index in [1.807, 2.05) is 19.2 Å². The molecule has 1 N–H and O–H groups in total. The van der Waals surface area contributed by atoms with Crippen LogP contribution in [0.4, 0.5) is 0 Å². The first-order valence-electron chi connectivity index (χ1n) is 4.85. The number of hydrogen-bond donors (Lipinski definition) is 1. The summed E-state index contributed by atoms with van der Waals surface area (Å²) in [5.41, 5.74) is 2.08. The van der Waals surface area contributed by atoms with Gasteiger partial charge < -0.3 is 5.11 Å². The van der Waals surface area contributed by atoms with Crippen molar-refractivity contribution in [2.45, 2.75) is 32.3 Å². The molecule has 1 heterocycles. The van der Waals surface area contributed by atoms with Crippen LogP contribution in [-0.4, -0.2) is 10.1 Å². The Bertz CT molecular complexity index is 294. The fourth-order valence-corrected chi connectivity index (χ4v) is 1.57. The van der Waals surface area contributed by atoms with Gasteiger partial charge in [-0.2, -0.15) is 0 Å². The Morgan fingerprint density at radius 2 is 2.31 bits per heavy atom. The molecular formula is C11H15NO. The summed E-state index contributed by atoms with van der Waals surface area (Å²) in [4.78, 5) is 4.07. The molecule has 0 saturated heterocycles. The van der Waals surface area contributed by atoms with Gasteiger partial charge in [0.2, 0.25) is 0 Å². The molecule has 2 rings (SSSR count). The highest BCUT2D eigenvalue weighted by atomic mass is 16.3. The van der Waals surface area contributed by atoms with Crippen molar-refractivity contribution < 1.29 is 5.11 Å². The third-order valence-electron chi connectivity index (χ3n) is 2.53. The van der Waals surface area contributed by atoms with Gasteiger partial charge >= 0.3 is 0 Å². The number of hydrogen-bond acceptors (Lipinski definition) is 2. The predicted octanol–water partition coefficient (Wildman–Crippen LogP) is 2.22. The Hall–Kier alpha value is -0.890. The summed E-state index contributed by atoms with van der Waals surface area (Å²) in [6.45, 7) is 2.00. The van der Waals surface area contributed by atoms with Crippen LogP contribution in [0.1, 0.15) is 36.5 Å². The SMILES string of the molecule is Cc1cncc(C(O)CC2CC2)c1. The Balaban J connectivity index is 2.04. The van der Waals surface area contributed by atoms with E-state index in [2.05, 4.69) is 4.98 Å². The molecule has 1 fully saturated rings. The summed E-state index contributed by atoms with van der Waals surface area (Å²) in [6.07, 6.45) is 6.75. The summed E-state index contributed by atoms with van der Waals surface area (Å²) < 4.78 is 0. The summed E-state index contributed by atoms with van der Waals surface area (Å²) in [7, 11) is 0. The van der Waals surface area contributed by atoms with E-state index < -0.39 is 0 Å². The molecule has 13 heavy (non-hydrogen) atoms. The number of nitrogens with zero attached hydrogens (tertiary/aromatic N) is 1. The normalized spacial score (nSPS) is 18.6. The van der Waals surface area contributed by atoms with Crippen molar-refractivity contribution in [3.63, 3.8) is 0 Å². The van der Waals surface area contributed by atoms with Gasteiger partial charge in [-0.25, -0.2) is 0 Å². The van der Waals surface area contributed by atoms with Gasteiger partial charge in [0.05, 0.1) is 6.10 Å². The topological polar surface area (TPSA) is 33.1 Å². The van der Waals surface area contributed by atoms with E-state index in [9.17, 15) is 5.11 Å². The van der Waals surface area contributed by atoms with Gasteiger partial charge in [0.1, 0.15) is 0 Å². The summed E-state index contributed by atoms with van der Waals surface area (Å²) in [5, 5.41) is 9.82. The van der Waals surface area contributed by atoms with Crippen LogP contribution in [0, 0.1) is 12.8 Å². The maximum Gasteiger partial charge on any atom is 0.0807 e. The van der Waals surface area contributed by atoms with Gasteiger partial charge in [0.15, 0.2) is 0 Å². The summed E-state index contributed by atoms with van der Waals surface area (Å²) >= 11 is 0. The molecule has 0 spiro atoms. The van der Waals surface area contributed by atoms with E-state index in [-0.39, 0.29) is 6.10 Å². The highest BCUT2D eigenvalue weighted by Gasteiger charge is 2.25. The number of aliphatic hydroxyl groups is 1. The van der Waals surface area contributed by atoms with E-state index in [4.69, 9.17) is 0 Å². The fourth-order valence-electron chi connectivity index (χ4n) is 1.57. The molecule has 0 bridgehead atoms. The minimum Gasteiger partial charge on any atom is -0.388 e. The van der Waals surface area contributed by atoms with E-state index in [0.717, 1.165) is 23.5 Å². The molecule has 1 saturated carbocycles. The number of aliphatic hydroxyl groups excluding tert-OH is 1. The van der Waals surface area contributed by atoms with Crippen molar-refractivity contribution >= 4 is 0 Å². The third kappa shape index (κ3) is 2.28. The van der Waals surface area contributed by atoms with Gasteiger partial charge in [-0.05, 0) is 30.4 Å². The van der Waals surface area contributed by atoms with Gasteiger partial charge in [-0.3, -0.25) is 4.98 Å². The lowest BCUT2D eigenvalue weighted by Gasteiger charge is -2.09. The monoisotopic (exact) mass is 177 g/mol. The largest absolute Gasteiger partial charge is 0.388 e. The van der Waals surface area contributed by atoms with Crippen molar-refractivity contribution in [2.24, 2.45) is 5.92 Å². The van der Waals surface area contributed by atoms with E-state index >= 15 is 0 Å². The first kappa shape index (κ1) is 8.70. The Morgan fingerprint density at radius 1 is 1.54 bits per heavy atom. The molecule has 1 aliphatic rings. The molecule has 2 nitrogen and oxygen atoms in total. The van der Waals surface area contributed by atoms with Crippen LogP contribution < -0.4 is 0 Å². The second-order valence-electron chi connectivity index (χ2n) is 3.99. The Kier molecular flexibility index (Phi) is 2.32. The second kappa shape index (κ2) is 3.46. The average Bonchev–Trinajstić information content (AvgIpc) is 2.88. The molecular weight excluding hydrogens is 162 g/mol. The molecule has 2 heteroatoms. The average molecular weight is 177 g/mol. The van der Waals surface area contributed by atoms with Crippen LogP contribution in [0.5, 0.6) is 0 Å². The van der Waals surface area contributed by atoms with Gasteiger partial charge in [0.25, 0.3) is 0 Å². The molecule has 0 radical (unpaired) electrons. The lowest BCUT2D eigenvalue weighted by Crippen LogP contribution is -1.99. The Labute approximate surface area is 78.6 Å². The van der Waals surface area contributed by atoms with Crippen LogP contribution in [0.25, 0.3) is 0 Å². The van der Waals surface area contributed by atoms with Gasteiger partial charge in [-0.1, -0.05) is 18.9 Å². The van der Waals surface area contributed by atoms with E-state index in [1.165, 1.54) is 12.8 Å². The first-order chi connectivity index (χ1) is 6.25. The van der Waals surface area contributed by atoms with Gasteiger partial charge in [0, 0.05) is 12.4 Å². The highest BCUT2D eigenvalue weighted by Crippen LogP contribution is 2.37. The molecule has 1 aromatic rings. The Morgan fingerprint density at radius 3 is 2.92 bits per heavy atom. The maximum atomic E-state index is 9.82. The summed E-state index contributed by atoms with van der Waals surface area (Å²) in [6, 6.07) is 2.01. The molecule has 1 unspecified atom stereocenters. The first-order valence-corrected chi connectivity index (χ1v) is 4.85. The smallest absolute Gasteiger partial charge is 0.0807 e. The third-order valence-corrected chi connectivity index (χ3v) is 2.53. The van der Waals surface area contributed by atoms with Crippen molar-refractivity contribution in [3.05, 3.63) is 29.6 Å². The minimum absolute atomic E-state index is 0.306. The van der Waals surface area contributed by atoms with Crippen LogP contribution in [0.15, 0.2) is 18.5 Å². The minimum atomic E-state index is -0.306. The molecule has 1 atom stereocenters. The van der Waals surface area contributed by atoms with Crippen molar-refractivity contribution in [1.29, 1.82) is 0 Å². The number of rotatable bonds is 3. The maximum absolute atomic E-state index is 9.82. The zero-order chi connectivity index (χ0) is 9.26. The van der Waals surface area contributed by atoms with Crippen LogP contribution >= 0.6 is 0 Å². The molecule has 70 valence electrons. The standard InChI is InChI=1S/C11H15NO/c1-8-4-10(7-12-6-8)11(13)5-9-2-3-9/h4,6-7,9,11,13H,2-3,5H2,1H3. The second-order valence-corrected chi connectivity index (χ2v) is 3.99. The lowest BCUT2D eigenvalue weighted by molar-refractivity contribution is 0.160.